The Kier molecular flexibility index (Phi) is 6.49. The van der Waals surface area contributed by atoms with Crippen LogP contribution in [0.25, 0.3) is 0 Å². The van der Waals surface area contributed by atoms with Gasteiger partial charge in [-0.2, -0.15) is 0 Å². The Bertz CT molecular complexity index is 912. The number of likely N-dealkylation sites (tertiary alicyclic amines) is 1. The molecular formula is C22H24N2O5. The molecule has 1 heterocycles. The van der Waals surface area contributed by atoms with Crippen molar-refractivity contribution in [2.24, 2.45) is 0 Å². The van der Waals surface area contributed by atoms with E-state index >= 15 is 0 Å². The fourth-order valence-corrected chi connectivity index (χ4v) is 3.50. The minimum absolute atomic E-state index is 0.169. The maximum atomic E-state index is 12.9. The summed E-state index contributed by atoms with van der Waals surface area (Å²) in [6, 6.07) is 13.0. The van der Waals surface area contributed by atoms with Crippen molar-refractivity contribution in [3.63, 3.8) is 0 Å². The number of carbonyl (C=O) groups is 3. The lowest BCUT2D eigenvalue weighted by molar-refractivity contribution is -0.143. The van der Waals surface area contributed by atoms with Gasteiger partial charge < -0.3 is 20.1 Å². The molecule has 1 aliphatic heterocycles. The van der Waals surface area contributed by atoms with Gasteiger partial charge in [-0.3, -0.25) is 9.59 Å². The number of aliphatic carboxylic acids is 1. The summed E-state index contributed by atoms with van der Waals surface area (Å²) in [4.78, 5) is 38.1. The Morgan fingerprint density at radius 2 is 1.93 bits per heavy atom. The van der Waals surface area contributed by atoms with Crippen molar-refractivity contribution in [2.75, 3.05) is 19.0 Å². The van der Waals surface area contributed by atoms with Crippen LogP contribution in [0.5, 0.6) is 5.75 Å². The summed E-state index contributed by atoms with van der Waals surface area (Å²) in [5.41, 5.74) is 1.66. The minimum Gasteiger partial charge on any atom is -0.497 e. The molecule has 3 rings (SSSR count). The monoisotopic (exact) mass is 396 g/mol. The van der Waals surface area contributed by atoms with E-state index in [9.17, 15) is 19.5 Å². The number of nitrogens with one attached hydrogen (secondary N) is 1. The van der Waals surface area contributed by atoms with E-state index < -0.39 is 12.0 Å². The molecule has 1 saturated heterocycles. The first-order valence-corrected chi connectivity index (χ1v) is 9.54. The number of rotatable bonds is 6. The van der Waals surface area contributed by atoms with Crippen molar-refractivity contribution in [1.82, 2.24) is 4.90 Å². The molecule has 1 fully saturated rings. The molecular weight excluding hydrogens is 372 g/mol. The predicted octanol–water partition coefficient (Wildman–Crippen LogP) is 2.96. The molecule has 1 aliphatic rings. The third-order valence-corrected chi connectivity index (χ3v) is 4.94. The number of carbonyl (C=O) groups excluding carboxylic acids is 2. The molecule has 2 amide bonds. The molecule has 152 valence electrons. The quantitative estimate of drug-likeness (QED) is 0.783. The average Bonchev–Trinajstić information content (AvgIpc) is 2.73. The number of hydrogen-bond donors (Lipinski definition) is 2. The average molecular weight is 396 g/mol. The van der Waals surface area contributed by atoms with Gasteiger partial charge in [0, 0.05) is 17.8 Å². The summed E-state index contributed by atoms with van der Waals surface area (Å²) in [5, 5.41) is 12.2. The van der Waals surface area contributed by atoms with Crippen LogP contribution in [0, 0.1) is 0 Å². The number of methoxy groups -OCH3 is 1. The lowest BCUT2D eigenvalue weighted by atomic mass is 10.0. The summed E-state index contributed by atoms with van der Waals surface area (Å²) < 4.78 is 5.16. The second kappa shape index (κ2) is 9.23. The van der Waals surface area contributed by atoms with E-state index in [0.29, 0.717) is 30.0 Å². The smallest absolute Gasteiger partial charge is 0.326 e. The number of piperidine rings is 1. The lowest BCUT2D eigenvalue weighted by Gasteiger charge is -2.33. The van der Waals surface area contributed by atoms with Crippen molar-refractivity contribution < 1.29 is 24.2 Å². The highest BCUT2D eigenvalue weighted by Gasteiger charge is 2.32. The summed E-state index contributed by atoms with van der Waals surface area (Å²) in [5.74, 6) is -0.858. The standard InChI is InChI=1S/C22H24N2O5/c1-29-18-9-4-6-15(12-18)13-20(25)23-17-8-5-7-16(14-17)21(26)24-11-3-2-10-19(24)22(27)28/h4-9,12,14,19H,2-3,10-11,13H2,1H3,(H,23,25)(H,27,28). The van der Waals surface area contributed by atoms with Crippen LogP contribution in [0.1, 0.15) is 35.2 Å². The summed E-state index contributed by atoms with van der Waals surface area (Å²) in [6.45, 7) is 0.419. The van der Waals surface area contributed by atoms with Gasteiger partial charge in [0.25, 0.3) is 5.91 Å². The first-order chi connectivity index (χ1) is 14.0. The molecule has 2 aromatic rings. The fourth-order valence-electron chi connectivity index (χ4n) is 3.50. The maximum Gasteiger partial charge on any atom is 0.326 e. The van der Waals surface area contributed by atoms with Crippen molar-refractivity contribution in [3.8, 4) is 5.75 Å². The molecule has 0 aliphatic carbocycles. The molecule has 2 N–H and O–H groups in total. The zero-order valence-electron chi connectivity index (χ0n) is 16.3. The highest BCUT2D eigenvalue weighted by molar-refractivity contribution is 5.99. The van der Waals surface area contributed by atoms with Gasteiger partial charge in [-0.1, -0.05) is 18.2 Å². The Morgan fingerprint density at radius 3 is 2.69 bits per heavy atom. The van der Waals surface area contributed by atoms with Gasteiger partial charge in [0.1, 0.15) is 11.8 Å². The Morgan fingerprint density at radius 1 is 1.14 bits per heavy atom. The molecule has 0 bridgehead atoms. The third-order valence-electron chi connectivity index (χ3n) is 4.94. The summed E-state index contributed by atoms with van der Waals surface area (Å²) in [7, 11) is 1.57. The van der Waals surface area contributed by atoms with Crippen LogP contribution in [0.3, 0.4) is 0 Å². The number of amides is 2. The van der Waals surface area contributed by atoms with E-state index in [-0.39, 0.29) is 18.2 Å². The molecule has 0 spiro atoms. The number of ether oxygens (including phenoxy) is 1. The number of carboxylic acids is 1. The molecule has 7 heteroatoms. The van der Waals surface area contributed by atoms with Gasteiger partial charge >= 0.3 is 5.97 Å². The summed E-state index contributed by atoms with van der Waals surface area (Å²) in [6.07, 6.45) is 2.20. The van der Waals surface area contributed by atoms with Crippen LogP contribution >= 0.6 is 0 Å². The first kappa shape index (κ1) is 20.4. The molecule has 1 atom stereocenters. The maximum absolute atomic E-state index is 12.9. The van der Waals surface area contributed by atoms with Gasteiger partial charge in [-0.15, -0.1) is 0 Å². The molecule has 7 nitrogen and oxygen atoms in total. The largest absolute Gasteiger partial charge is 0.497 e. The molecule has 0 aromatic heterocycles. The molecule has 0 saturated carbocycles. The van der Waals surface area contributed by atoms with E-state index in [1.807, 2.05) is 18.2 Å². The number of benzene rings is 2. The van der Waals surface area contributed by atoms with Crippen molar-refractivity contribution in [3.05, 3.63) is 59.7 Å². The predicted molar refractivity (Wildman–Crippen MR) is 108 cm³/mol. The Hall–Kier alpha value is -3.35. The first-order valence-electron chi connectivity index (χ1n) is 9.54. The molecule has 2 aromatic carbocycles. The van der Waals surface area contributed by atoms with E-state index in [0.717, 1.165) is 18.4 Å². The van der Waals surface area contributed by atoms with Gasteiger partial charge in [0.15, 0.2) is 0 Å². The van der Waals surface area contributed by atoms with Gasteiger partial charge in [-0.05, 0) is 55.2 Å². The molecule has 1 unspecified atom stereocenters. The fraction of sp³-hybridized carbons (Fsp3) is 0.318. The van der Waals surface area contributed by atoms with Crippen molar-refractivity contribution >= 4 is 23.5 Å². The van der Waals surface area contributed by atoms with Crippen LogP contribution < -0.4 is 10.1 Å². The van der Waals surface area contributed by atoms with Crippen LogP contribution in [-0.2, 0) is 16.0 Å². The number of anilines is 1. The zero-order valence-corrected chi connectivity index (χ0v) is 16.3. The molecule has 0 radical (unpaired) electrons. The zero-order chi connectivity index (χ0) is 20.8. The third kappa shape index (κ3) is 5.13. The SMILES string of the molecule is COc1cccc(CC(=O)Nc2cccc(C(=O)N3CCCCC3C(=O)O)c2)c1. The highest BCUT2D eigenvalue weighted by Crippen LogP contribution is 2.21. The number of hydrogen-bond acceptors (Lipinski definition) is 4. The minimum atomic E-state index is -0.985. The van der Waals surface area contributed by atoms with Gasteiger partial charge in [0.05, 0.1) is 13.5 Å². The van der Waals surface area contributed by atoms with E-state index in [2.05, 4.69) is 5.32 Å². The van der Waals surface area contributed by atoms with Gasteiger partial charge in [0.2, 0.25) is 5.91 Å². The van der Waals surface area contributed by atoms with E-state index in [1.165, 1.54) is 4.90 Å². The topological polar surface area (TPSA) is 95.9 Å². The van der Waals surface area contributed by atoms with Crippen LogP contribution in [0.4, 0.5) is 5.69 Å². The Balaban J connectivity index is 1.69. The normalized spacial score (nSPS) is 16.2. The van der Waals surface area contributed by atoms with Crippen LogP contribution in [0.2, 0.25) is 0 Å². The lowest BCUT2D eigenvalue weighted by Crippen LogP contribution is -2.48. The number of nitrogens with zero attached hydrogens (tertiary/aromatic N) is 1. The van der Waals surface area contributed by atoms with Crippen LogP contribution in [-0.4, -0.2) is 47.5 Å². The van der Waals surface area contributed by atoms with Crippen molar-refractivity contribution in [1.29, 1.82) is 0 Å². The summed E-state index contributed by atoms with van der Waals surface area (Å²) >= 11 is 0. The highest BCUT2D eigenvalue weighted by atomic mass is 16.5. The van der Waals surface area contributed by atoms with Crippen LogP contribution in [0.15, 0.2) is 48.5 Å². The van der Waals surface area contributed by atoms with E-state index in [1.54, 1.807) is 37.4 Å². The number of carboxylic acid groups (broad SMARTS) is 1. The molecule has 29 heavy (non-hydrogen) atoms. The Labute approximate surface area is 169 Å². The second-order valence-corrected chi connectivity index (χ2v) is 7.01. The van der Waals surface area contributed by atoms with Gasteiger partial charge in [-0.25, -0.2) is 4.79 Å². The van der Waals surface area contributed by atoms with Crippen molar-refractivity contribution in [2.45, 2.75) is 31.7 Å². The van der Waals surface area contributed by atoms with E-state index in [4.69, 9.17) is 4.74 Å². The second-order valence-electron chi connectivity index (χ2n) is 7.01.